The van der Waals surface area contributed by atoms with Crippen LogP contribution < -0.4 is 5.73 Å². The van der Waals surface area contributed by atoms with Crippen LogP contribution in [0.4, 0.5) is 5.69 Å². The molecule has 1 rings (SSSR count). The zero-order chi connectivity index (χ0) is 13.1. The van der Waals surface area contributed by atoms with Crippen molar-refractivity contribution in [3.8, 4) is 0 Å². The van der Waals surface area contributed by atoms with Gasteiger partial charge in [-0.1, -0.05) is 6.07 Å². The quantitative estimate of drug-likeness (QED) is 0.500. The summed E-state index contributed by atoms with van der Waals surface area (Å²) in [6.07, 6.45) is 1.09. The molecule has 0 spiro atoms. The fourth-order valence-electron chi connectivity index (χ4n) is 1.17. The first-order chi connectivity index (χ1) is 7.86. The van der Waals surface area contributed by atoms with Crippen LogP contribution in [-0.2, 0) is 19.4 Å². The molecule has 17 heavy (non-hydrogen) atoms. The van der Waals surface area contributed by atoms with Gasteiger partial charge in [-0.25, -0.2) is 8.42 Å². The number of nitrogens with two attached hydrogens (primary N) is 1. The summed E-state index contributed by atoms with van der Waals surface area (Å²) in [4.78, 5) is 11.6. The third-order valence-electron chi connectivity index (χ3n) is 2.00. The predicted molar refractivity (Wildman–Crippen MR) is 66.7 cm³/mol. The number of methoxy groups -OCH3 is 1. The highest BCUT2D eigenvalue weighted by atomic mass is 32.2. The van der Waals surface area contributed by atoms with Crippen LogP contribution in [0.5, 0.6) is 0 Å². The second-order valence-electron chi connectivity index (χ2n) is 3.30. The highest BCUT2D eigenvalue weighted by Crippen LogP contribution is 2.30. The number of para-hydroxylation sites is 1. The second-order valence-corrected chi connectivity index (χ2v) is 6.31. The van der Waals surface area contributed by atoms with Gasteiger partial charge in [0.15, 0.2) is 9.84 Å². The van der Waals surface area contributed by atoms with Gasteiger partial charge in [-0.3, -0.25) is 4.79 Å². The Kier molecular flexibility index (Phi) is 4.41. The molecule has 0 aliphatic heterocycles. The topological polar surface area (TPSA) is 86.5 Å². The Bertz CT molecular complexity index is 525. The van der Waals surface area contributed by atoms with Crippen LogP contribution in [0.1, 0.15) is 0 Å². The maximum absolute atomic E-state index is 11.4. The number of hydrogen-bond acceptors (Lipinski definition) is 6. The number of thioether (sulfide) groups is 1. The van der Waals surface area contributed by atoms with Crippen LogP contribution in [0.15, 0.2) is 28.0 Å². The van der Waals surface area contributed by atoms with Crippen molar-refractivity contribution in [3.05, 3.63) is 18.2 Å². The van der Waals surface area contributed by atoms with Crippen molar-refractivity contribution in [1.29, 1.82) is 0 Å². The Hall–Kier alpha value is -1.21. The molecular formula is C10H13NO4S2. The van der Waals surface area contributed by atoms with Gasteiger partial charge in [0.1, 0.15) is 0 Å². The van der Waals surface area contributed by atoms with E-state index in [2.05, 4.69) is 4.74 Å². The molecule has 2 N–H and O–H groups in total. The molecule has 0 amide bonds. The molecule has 0 radical (unpaired) electrons. The molecule has 0 aliphatic rings. The number of rotatable bonds is 4. The van der Waals surface area contributed by atoms with Gasteiger partial charge < -0.3 is 10.5 Å². The van der Waals surface area contributed by atoms with Gasteiger partial charge in [0.2, 0.25) is 0 Å². The Morgan fingerprint density at radius 2 is 2.12 bits per heavy atom. The maximum atomic E-state index is 11.4. The number of benzene rings is 1. The van der Waals surface area contributed by atoms with E-state index >= 15 is 0 Å². The molecule has 0 fully saturated rings. The van der Waals surface area contributed by atoms with Crippen LogP contribution in [0.2, 0.25) is 0 Å². The minimum absolute atomic E-state index is 0.0763. The minimum atomic E-state index is -3.35. The maximum Gasteiger partial charge on any atom is 0.315 e. The summed E-state index contributed by atoms with van der Waals surface area (Å²) in [7, 11) is -2.06. The number of esters is 1. The molecule has 0 heterocycles. The van der Waals surface area contributed by atoms with Crippen LogP contribution >= 0.6 is 11.8 Å². The zero-order valence-corrected chi connectivity index (χ0v) is 11.1. The van der Waals surface area contributed by atoms with Gasteiger partial charge in [0.05, 0.1) is 23.4 Å². The number of anilines is 1. The number of carbonyl (C=O) groups is 1. The fraction of sp³-hybridized carbons (Fsp3) is 0.300. The molecule has 0 saturated heterocycles. The molecule has 0 saturated carbocycles. The van der Waals surface area contributed by atoms with Crippen LogP contribution in [-0.4, -0.2) is 33.5 Å². The molecule has 5 nitrogen and oxygen atoms in total. The molecule has 7 heteroatoms. The van der Waals surface area contributed by atoms with Crippen molar-refractivity contribution in [2.45, 2.75) is 9.79 Å². The van der Waals surface area contributed by atoms with Gasteiger partial charge in [-0.2, -0.15) is 0 Å². The van der Waals surface area contributed by atoms with E-state index in [-0.39, 0.29) is 22.3 Å². The van der Waals surface area contributed by atoms with Crippen molar-refractivity contribution in [1.82, 2.24) is 0 Å². The van der Waals surface area contributed by atoms with E-state index < -0.39 is 9.84 Å². The summed E-state index contributed by atoms with van der Waals surface area (Å²) in [6.45, 7) is 0. The molecule has 0 atom stereocenters. The summed E-state index contributed by atoms with van der Waals surface area (Å²) in [5.74, 6) is -0.298. The third kappa shape index (κ3) is 3.64. The molecule has 0 unspecified atom stereocenters. The normalized spacial score (nSPS) is 11.2. The van der Waals surface area contributed by atoms with Crippen LogP contribution in [0, 0.1) is 0 Å². The van der Waals surface area contributed by atoms with E-state index in [1.807, 2.05) is 0 Å². The molecule has 0 bridgehead atoms. The van der Waals surface area contributed by atoms with Gasteiger partial charge in [-0.05, 0) is 12.1 Å². The lowest BCUT2D eigenvalue weighted by atomic mass is 10.3. The van der Waals surface area contributed by atoms with E-state index in [0.717, 1.165) is 18.0 Å². The first-order valence-corrected chi connectivity index (χ1v) is 7.52. The zero-order valence-electron chi connectivity index (χ0n) is 9.47. The van der Waals surface area contributed by atoms with Gasteiger partial charge >= 0.3 is 5.97 Å². The Labute approximate surface area is 104 Å². The largest absolute Gasteiger partial charge is 0.468 e. The summed E-state index contributed by atoms with van der Waals surface area (Å²) >= 11 is 1.15. The number of hydrogen-bond donors (Lipinski definition) is 1. The summed E-state index contributed by atoms with van der Waals surface area (Å²) in [6, 6.07) is 4.69. The Balaban J connectivity index is 3.00. The lowest BCUT2D eigenvalue weighted by molar-refractivity contribution is -0.137. The molecule has 1 aromatic carbocycles. The number of ether oxygens (including phenoxy) is 1. The van der Waals surface area contributed by atoms with Gasteiger partial charge in [-0.15, -0.1) is 11.8 Å². The summed E-state index contributed by atoms with van der Waals surface area (Å²) in [5, 5.41) is 0. The van der Waals surface area contributed by atoms with Crippen molar-refractivity contribution in [2.75, 3.05) is 24.9 Å². The lowest BCUT2D eigenvalue weighted by Gasteiger charge is -2.08. The van der Waals surface area contributed by atoms with Crippen molar-refractivity contribution in [3.63, 3.8) is 0 Å². The number of nitrogen functional groups attached to an aromatic ring is 1. The first kappa shape index (κ1) is 13.9. The summed E-state index contributed by atoms with van der Waals surface area (Å²) < 4.78 is 27.3. The standard InChI is InChI=1S/C10H13NO4S2/c1-15-9(12)6-16-7-4-3-5-8(10(7)11)17(2,13)14/h3-5H,6,11H2,1-2H3. The molecule has 0 aromatic heterocycles. The van der Waals surface area contributed by atoms with Crippen molar-refractivity contribution < 1.29 is 17.9 Å². The Morgan fingerprint density at radius 3 is 2.65 bits per heavy atom. The second kappa shape index (κ2) is 5.42. The third-order valence-corrected chi connectivity index (χ3v) is 4.20. The van der Waals surface area contributed by atoms with Gasteiger partial charge in [0, 0.05) is 11.2 Å². The smallest absolute Gasteiger partial charge is 0.315 e. The van der Waals surface area contributed by atoms with E-state index in [1.165, 1.54) is 13.2 Å². The molecule has 0 aliphatic carbocycles. The Morgan fingerprint density at radius 1 is 1.47 bits per heavy atom. The van der Waals surface area contributed by atoms with E-state index in [1.54, 1.807) is 12.1 Å². The first-order valence-electron chi connectivity index (χ1n) is 4.64. The number of sulfone groups is 1. The number of carbonyl (C=O) groups excluding carboxylic acids is 1. The SMILES string of the molecule is COC(=O)CSc1cccc(S(C)(=O)=O)c1N. The minimum Gasteiger partial charge on any atom is -0.468 e. The lowest BCUT2D eigenvalue weighted by Crippen LogP contribution is -2.06. The monoisotopic (exact) mass is 275 g/mol. The van der Waals surface area contributed by atoms with E-state index in [9.17, 15) is 13.2 Å². The van der Waals surface area contributed by atoms with E-state index in [4.69, 9.17) is 5.73 Å². The highest BCUT2D eigenvalue weighted by molar-refractivity contribution is 8.00. The molecule has 94 valence electrons. The van der Waals surface area contributed by atoms with Gasteiger partial charge in [0.25, 0.3) is 0 Å². The fourth-order valence-corrected chi connectivity index (χ4v) is 2.90. The molecule has 1 aromatic rings. The average Bonchev–Trinajstić information content (AvgIpc) is 2.25. The van der Waals surface area contributed by atoms with Crippen LogP contribution in [0.3, 0.4) is 0 Å². The van der Waals surface area contributed by atoms with Crippen molar-refractivity contribution in [2.24, 2.45) is 0 Å². The van der Waals surface area contributed by atoms with Crippen LogP contribution in [0.25, 0.3) is 0 Å². The average molecular weight is 275 g/mol. The highest BCUT2D eigenvalue weighted by Gasteiger charge is 2.15. The van der Waals surface area contributed by atoms with E-state index in [0.29, 0.717) is 4.90 Å². The predicted octanol–water partition coefficient (Wildman–Crippen LogP) is 0.937. The molecular weight excluding hydrogens is 262 g/mol. The van der Waals surface area contributed by atoms with Crippen molar-refractivity contribution >= 4 is 33.3 Å². The summed E-state index contributed by atoms with van der Waals surface area (Å²) in [5.41, 5.74) is 5.92.